The predicted molar refractivity (Wildman–Crippen MR) is 70.7 cm³/mol. The van der Waals surface area contributed by atoms with E-state index in [1.807, 2.05) is 19.2 Å². The normalized spacial score (nSPS) is 10.4. The first-order chi connectivity index (χ1) is 8.49. The Balaban J connectivity index is 2.39. The average Bonchev–Trinajstić information content (AvgIpc) is 2.74. The van der Waals surface area contributed by atoms with Gasteiger partial charge in [0.05, 0.1) is 17.1 Å². The Hall–Kier alpha value is -2.30. The van der Waals surface area contributed by atoms with Crippen LogP contribution in [-0.4, -0.2) is 34.7 Å². The quantitative estimate of drug-likeness (QED) is 0.813. The van der Waals surface area contributed by atoms with E-state index < -0.39 is 0 Å². The molecule has 1 aromatic carbocycles. The van der Waals surface area contributed by atoms with Gasteiger partial charge in [0.25, 0.3) is 5.91 Å². The number of anilines is 1. The molecular formula is C13H16N4O. The van der Waals surface area contributed by atoms with Gasteiger partial charge in [-0.3, -0.25) is 4.79 Å². The molecule has 0 aliphatic rings. The Kier molecular flexibility index (Phi) is 3.06. The first-order valence-corrected chi connectivity index (χ1v) is 5.63. The van der Waals surface area contributed by atoms with Crippen LogP contribution < -0.4 is 5.73 Å². The van der Waals surface area contributed by atoms with Gasteiger partial charge in [-0.05, 0) is 31.2 Å². The first kappa shape index (κ1) is 12.2. The zero-order chi connectivity index (χ0) is 13.3. The average molecular weight is 244 g/mol. The van der Waals surface area contributed by atoms with Gasteiger partial charge in [0, 0.05) is 25.9 Å². The van der Waals surface area contributed by atoms with Gasteiger partial charge in [0.2, 0.25) is 0 Å². The van der Waals surface area contributed by atoms with E-state index in [0.717, 1.165) is 11.4 Å². The Labute approximate surface area is 106 Å². The van der Waals surface area contributed by atoms with Crippen molar-refractivity contribution in [2.75, 3.05) is 19.8 Å². The van der Waals surface area contributed by atoms with E-state index in [9.17, 15) is 4.79 Å². The molecule has 1 aromatic heterocycles. The topological polar surface area (TPSA) is 64.2 Å². The van der Waals surface area contributed by atoms with Crippen LogP contribution in [0.1, 0.15) is 16.1 Å². The van der Waals surface area contributed by atoms with Crippen molar-refractivity contribution in [3.05, 3.63) is 41.7 Å². The third-order valence-electron chi connectivity index (χ3n) is 2.65. The van der Waals surface area contributed by atoms with Crippen LogP contribution in [0.3, 0.4) is 0 Å². The van der Waals surface area contributed by atoms with E-state index in [-0.39, 0.29) is 5.91 Å². The van der Waals surface area contributed by atoms with Crippen LogP contribution in [0.2, 0.25) is 0 Å². The van der Waals surface area contributed by atoms with Gasteiger partial charge in [-0.1, -0.05) is 0 Å². The predicted octanol–water partition coefficient (Wildman–Crippen LogP) is 1.46. The minimum absolute atomic E-state index is 0.0649. The SMILES string of the molecule is Cc1ccn(-c2ccc(C(=O)N(C)C)cc2N)n1. The number of carbonyl (C=O) groups is 1. The van der Waals surface area contributed by atoms with Crippen molar-refractivity contribution in [2.45, 2.75) is 6.92 Å². The Morgan fingerprint density at radius 1 is 1.33 bits per heavy atom. The molecule has 0 aliphatic heterocycles. The maximum absolute atomic E-state index is 11.8. The highest BCUT2D eigenvalue weighted by atomic mass is 16.2. The van der Waals surface area contributed by atoms with Gasteiger partial charge < -0.3 is 10.6 Å². The monoisotopic (exact) mass is 244 g/mol. The zero-order valence-electron chi connectivity index (χ0n) is 10.7. The Morgan fingerprint density at radius 2 is 2.06 bits per heavy atom. The summed E-state index contributed by atoms with van der Waals surface area (Å²) >= 11 is 0. The van der Waals surface area contributed by atoms with E-state index in [4.69, 9.17) is 5.73 Å². The molecular weight excluding hydrogens is 228 g/mol. The minimum atomic E-state index is -0.0649. The fourth-order valence-corrected chi connectivity index (χ4v) is 1.70. The lowest BCUT2D eigenvalue weighted by Gasteiger charge is -2.12. The molecule has 2 N–H and O–H groups in total. The molecule has 94 valence electrons. The number of hydrogen-bond acceptors (Lipinski definition) is 3. The summed E-state index contributed by atoms with van der Waals surface area (Å²) in [5.74, 6) is -0.0649. The number of nitrogens with zero attached hydrogens (tertiary/aromatic N) is 3. The zero-order valence-corrected chi connectivity index (χ0v) is 10.7. The van der Waals surface area contributed by atoms with Gasteiger partial charge in [-0.15, -0.1) is 0 Å². The Morgan fingerprint density at radius 3 is 2.56 bits per heavy atom. The van der Waals surface area contributed by atoms with Crippen molar-refractivity contribution in [3.63, 3.8) is 0 Å². The van der Waals surface area contributed by atoms with Crippen molar-refractivity contribution in [2.24, 2.45) is 0 Å². The van der Waals surface area contributed by atoms with Crippen LogP contribution in [-0.2, 0) is 0 Å². The molecule has 5 nitrogen and oxygen atoms in total. The van der Waals surface area contributed by atoms with Crippen molar-refractivity contribution in [3.8, 4) is 5.69 Å². The number of benzene rings is 1. The van der Waals surface area contributed by atoms with Gasteiger partial charge in [0.1, 0.15) is 0 Å². The first-order valence-electron chi connectivity index (χ1n) is 5.63. The fourth-order valence-electron chi connectivity index (χ4n) is 1.70. The van der Waals surface area contributed by atoms with E-state index in [1.165, 1.54) is 4.90 Å². The van der Waals surface area contributed by atoms with E-state index >= 15 is 0 Å². The second kappa shape index (κ2) is 4.52. The van der Waals surface area contributed by atoms with Crippen LogP contribution in [0.4, 0.5) is 5.69 Å². The standard InChI is InChI=1S/C13H16N4O/c1-9-6-7-17(15-9)12-5-4-10(8-11(12)14)13(18)16(2)3/h4-8H,14H2,1-3H3. The molecule has 1 amide bonds. The number of aromatic nitrogens is 2. The lowest BCUT2D eigenvalue weighted by Crippen LogP contribution is -2.21. The summed E-state index contributed by atoms with van der Waals surface area (Å²) in [6.45, 7) is 1.91. The molecule has 0 bridgehead atoms. The summed E-state index contributed by atoms with van der Waals surface area (Å²) in [6, 6.07) is 7.14. The molecule has 0 unspecified atom stereocenters. The number of nitrogen functional groups attached to an aromatic ring is 1. The van der Waals surface area contributed by atoms with Crippen LogP contribution in [0, 0.1) is 6.92 Å². The molecule has 5 heteroatoms. The number of amides is 1. The van der Waals surface area contributed by atoms with Crippen LogP contribution in [0.5, 0.6) is 0 Å². The van der Waals surface area contributed by atoms with Gasteiger partial charge in [0.15, 0.2) is 0 Å². The summed E-state index contributed by atoms with van der Waals surface area (Å²) in [5.41, 5.74) is 8.77. The van der Waals surface area contributed by atoms with Gasteiger partial charge >= 0.3 is 0 Å². The van der Waals surface area contributed by atoms with Crippen molar-refractivity contribution >= 4 is 11.6 Å². The Bertz CT molecular complexity index is 586. The van der Waals surface area contributed by atoms with E-state index in [0.29, 0.717) is 11.3 Å². The van der Waals surface area contributed by atoms with Crippen LogP contribution in [0.15, 0.2) is 30.5 Å². The largest absolute Gasteiger partial charge is 0.397 e. The molecule has 0 atom stereocenters. The van der Waals surface area contributed by atoms with Crippen LogP contribution in [0.25, 0.3) is 5.69 Å². The second-order valence-electron chi connectivity index (χ2n) is 4.37. The third kappa shape index (κ3) is 2.20. The third-order valence-corrected chi connectivity index (χ3v) is 2.65. The molecule has 2 aromatic rings. The summed E-state index contributed by atoms with van der Waals surface area (Å²) in [7, 11) is 3.42. The van der Waals surface area contributed by atoms with E-state index in [2.05, 4.69) is 5.10 Å². The number of carbonyl (C=O) groups excluding carboxylic acids is 1. The molecule has 2 rings (SSSR count). The molecule has 0 aliphatic carbocycles. The lowest BCUT2D eigenvalue weighted by atomic mass is 10.1. The molecule has 0 fully saturated rings. The van der Waals surface area contributed by atoms with Crippen molar-refractivity contribution in [1.29, 1.82) is 0 Å². The maximum Gasteiger partial charge on any atom is 0.253 e. The lowest BCUT2D eigenvalue weighted by molar-refractivity contribution is 0.0827. The van der Waals surface area contributed by atoms with Crippen molar-refractivity contribution < 1.29 is 4.79 Å². The summed E-state index contributed by atoms with van der Waals surface area (Å²) in [4.78, 5) is 13.3. The molecule has 0 saturated heterocycles. The maximum atomic E-state index is 11.8. The molecule has 0 spiro atoms. The molecule has 0 saturated carbocycles. The highest BCUT2D eigenvalue weighted by Crippen LogP contribution is 2.19. The van der Waals surface area contributed by atoms with Gasteiger partial charge in [-0.25, -0.2) is 4.68 Å². The number of aryl methyl sites for hydroxylation is 1. The smallest absolute Gasteiger partial charge is 0.253 e. The summed E-state index contributed by atoms with van der Waals surface area (Å²) in [5, 5.41) is 4.29. The highest BCUT2D eigenvalue weighted by Gasteiger charge is 2.11. The van der Waals surface area contributed by atoms with Gasteiger partial charge in [-0.2, -0.15) is 5.10 Å². The second-order valence-corrected chi connectivity index (χ2v) is 4.37. The minimum Gasteiger partial charge on any atom is -0.397 e. The fraction of sp³-hybridized carbons (Fsp3) is 0.231. The van der Waals surface area contributed by atoms with Crippen LogP contribution >= 0.6 is 0 Å². The number of nitrogens with two attached hydrogens (primary N) is 1. The summed E-state index contributed by atoms with van der Waals surface area (Å²) < 4.78 is 1.70. The number of hydrogen-bond donors (Lipinski definition) is 1. The van der Waals surface area contributed by atoms with Crippen molar-refractivity contribution in [1.82, 2.24) is 14.7 Å². The highest BCUT2D eigenvalue weighted by molar-refractivity contribution is 5.95. The molecule has 18 heavy (non-hydrogen) atoms. The number of rotatable bonds is 2. The molecule has 1 heterocycles. The molecule has 0 radical (unpaired) electrons. The summed E-state index contributed by atoms with van der Waals surface area (Å²) in [6.07, 6.45) is 1.84. The van der Waals surface area contributed by atoms with E-state index in [1.54, 1.807) is 37.0 Å².